The summed E-state index contributed by atoms with van der Waals surface area (Å²) < 4.78 is 30.0. The van der Waals surface area contributed by atoms with Crippen LogP contribution in [0.3, 0.4) is 0 Å². The van der Waals surface area contributed by atoms with E-state index in [4.69, 9.17) is 9.84 Å². The number of fused-ring (bicyclic) bond motifs is 1. The first kappa shape index (κ1) is 11.2. The summed E-state index contributed by atoms with van der Waals surface area (Å²) in [6.45, 7) is -0.0953. The Hall–Kier alpha value is -1.27. The molecular formula is C10H13NO4S. The van der Waals surface area contributed by atoms with Crippen LogP contribution in [0.15, 0.2) is 24.3 Å². The number of nitrogens with zero attached hydrogens (tertiary/aromatic N) is 1. The molecule has 16 heavy (non-hydrogen) atoms. The van der Waals surface area contributed by atoms with Gasteiger partial charge in [0.15, 0.2) is 0 Å². The standard InChI is InChI=1S/C10H13NO4S/c1-16(13,14)11-8(6-12)7-15-10-5-3-2-4-9(10)11/h2-5,8,12H,6-7H2,1H3. The van der Waals surface area contributed by atoms with Crippen LogP contribution in [0.25, 0.3) is 0 Å². The van der Waals surface area contributed by atoms with Gasteiger partial charge in [-0.2, -0.15) is 0 Å². The minimum absolute atomic E-state index is 0.167. The molecule has 1 heterocycles. The first-order valence-electron chi connectivity index (χ1n) is 4.86. The predicted octanol–water partition coefficient (Wildman–Crippen LogP) is 0.206. The van der Waals surface area contributed by atoms with E-state index in [1.54, 1.807) is 24.3 Å². The van der Waals surface area contributed by atoms with Crippen molar-refractivity contribution in [2.45, 2.75) is 6.04 Å². The van der Waals surface area contributed by atoms with E-state index in [2.05, 4.69) is 0 Å². The zero-order chi connectivity index (χ0) is 11.8. The monoisotopic (exact) mass is 243 g/mol. The Labute approximate surface area is 94.3 Å². The second-order valence-electron chi connectivity index (χ2n) is 3.67. The summed E-state index contributed by atoms with van der Waals surface area (Å²) in [7, 11) is -3.41. The highest BCUT2D eigenvalue weighted by atomic mass is 32.2. The Bertz CT molecular complexity index is 485. The summed E-state index contributed by atoms with van der Waals surface area (Å²) in [5, 5.41) is 9.16. The minimum Gasteiger partial charge on any atom is -0.489 e. The first-order chi connectivity index (χ1) is 7.54. The van der Waals surface area contributed by atoms with Gasteiger partial charge in [0, 0.05) is 0 Å². The van der Waals surface area contributed by atoms with Crippen molar-refractivity contribution in [2.24, 2.45) is 0 Å². The summed E-state index contributed by atoms with van der Waals surface area (Å²) in [6, 6.07) is 6.34. The zero-order valence-corrected chi connectivity index (χ0v) is 9.64. The summed E-state index contributed by atoms with van der Waals surface area (Å²) in [5.74, 6) is 0.526. The molecule has 1 aliphatic rings. The summed E-state index contributed by atoms with van der Waals surface area (Å²) >= 11 is 0. The van der Waals surface area contributed by atoms with Crippen molar-refractivity contribution in [1.82, 2.24) is 0 Å². The van der Waals surface area contributed by atoms with E-state index in [-0.39, 0.29) is 13.2 Å². The van der Waals surface area contributed by atoms with Crippen LogP contribution < -0.4 is 9.04 Å². The van der Waals surface area contributed by atoms with E-state index < -0.39 is 16.1 Å². The summed E-state index contributed by atoms with van der Waals surface area (Å²) in [4.78, 5) is 0. The van der Waals surface area contributed by atoms with Crippen molar-refractivity contribution < 1.29 is 18.3 Å². The van der Waals surface area contributed by atoms with Crippen LogP contribution in [0.4, 0.5) is 5.69 Å². The Morgan fingerprint density at radius 1 is 1.50 bits per heavy atom. The number of ether oxygens (including phenoxy) is 1. The molecule has 88 valence electrons. The van der Waals surface area contributed by atoms with Crippen LogP contribution >= 0.6 is 0 Å². The van der Waals surface area contributed by atoms with E-state index in [1.807, 2.05) is 0 Å². The van der Waals surface area contributed by atoms with Crippen molar-refractivity contribution >= 4 is 15.7 Å². The molecule has 0 aromatic heterocycles. The molecule has 0 amide bonds. The van der Waals surface area contributed by atoms with Gasteiger partial charge in [-0.3, -0.25) is 4.31 Å². The Kier molecular flexibility index (Phi) is 2.77. The van der Waals surface area contributed by atoms with Gasteiger partial charge in [-0.15, -0.1) is 0 Å². The number of benzene rings is 1. The number of hydrogen-bond donors (Lipinski definition) is 1. The number of rotatable bonds is 2. The molecule has 6 heteroatoms. The lowest BCUT2D eigenvalue weighted by Gasteiger charge is -2.35. The van der Waals surface area contributed by atoms with Crippen molar-refractivity contribution in [3.05, 3.63) is 24.3 Å². The van der Waals surface area contributed by atoms with E-state index in [1.165, 1.54) is 4.31 Å². The topological polar surface area (TPSA) is 66.8 Å². The molecule has 0 spiro atoms. The molecule has 0 saturated heterocycles. The second-order valence-corrected chi connectivity index (χ2v) is 5.53. The molecule has 0 saturated carbocycles. The number of para-hydroxylation sites is 2. The lowest BCUT2D eigenvalue weighted by molar-refractivity contribution is 0.198. The summed E-state index contributed by atoms with van der Waals surface area (Å²) in [5.41, 5.74) is 0.482. The molecule has 1 atom stereocenters. The van der Waals surface area contributed by atoms with Crippen molar-refractivity contribution in [2.75, 3.05) is 23.8 Å². The molecule has 5 nitrogen and oxygen atoms in total. The minimum atomic E-state index is -3.41. The molecule has 1 unspecified atom stereocenters. The fraction of sp³-hybridized carbons (Fsp3) is 0.400. The van der Waals surface area contributed by atoms with E-state index in [9.17, 15) is 8.42 Å². The maximum Gasteiger partial charge on any atom is 0.232 e. The van der Waals surface area contributed by atoms with E-state index in [0.717, 1.165) is 6.26 Å². The van der Waals surface area contributed by atoms with Gasteiger partial charge in [0.2, 0.25) is 10.0 Å². The van der Waals surface area contributed by atoms with Gasteiger partial charge in [-0.1, -0.05) is 12.1 Å². The molecule has 2 rings (SSSR count). The highest BCUT2D eigenvalue weighted by Gasteiger charge is 2.32. The number of anilines is 1. The molecule has 0 bridgehead atoms. The fourth-order valence-corrected chi connectivity index (χ4v) is 2.97. The summed E-state index contributed by atoms with van der Waals surface area (Å²) in [6.07, 6.45) is 1.12. The fourth-order valence-electron chi connectivity index (χ4n) is 1.79. The third-order valence-electron chi connectivity index (χ3n) is 2.43. The smallest absolute Gasteiger partial charge is 0.232 e. The highest BCUT2D eigenvalue weighted by Crippen LogP contribution is 2.34. The van der Waals surface area contributed by atoms with Crippen LogP contribution in [0.1, 0.15) is 0 Å². The van der Waals surface area contributed by atoms with Gasteiger partial charge >= 0.3 is 0 Å². The second kappa shape index (κ2) is 3.95. The van der Waals surface area contributed by atoms with Gasteiger partial charge in [-0.05, 0) is 12.1 Å². The first-order valence-corrected chi connectivity index (χ1v) is 6.71. The maximum atomic E-state index is 11.7. The predicted molar refractivity (Wildman–Crippen MR) is 60.1 cm³/mol. The average Bonchev–Trinajstić information content (AvgIpc) is 2.26. The Morgan fingerprint density at radius 2 is 2.19 bits per heavy atom. The Balaban J connectivity index is 2.53. The quantitative estimate of drug-likeness (QED) is 0.806. The van der Waals surface area contributed by atoms with Crippen LogP contribution in [0.2, 0.25) is 0 Å². The lowest BCUT2D eigenvalue weighted by Crippen LogP contribution is -2.48. The third-order valence-corrected chi connectivity index (χ3v) is 3.64. The SMILES string of the molecule is CS(=O)(=O)N1c2ccccc2OCC1CO. The number of aliphatic hydroxyl groups is 1. The van der Waals surface area contributed by atoms with Crippen molar-refractivity contribution in [3.8, 4) is 5.75 Å². The molecule has 1 aromatic carbocycles. The number of sulfonamides is 1. The van der Waals surface area contributed by atoms with Gasteiger partial charge in [0.05, 0.1) is 18.6 Å². The van der Waals surface area contributed by atoms with E-state index in [0.29, 0.717) is 11.4 Å². The van der Waals surface area contributed by atoms with E-state index >= 15 is 0 Å². The molecule has 1 aliphatic heterocycles. The molecular weight excluding hydrogens is 230 g/mol. The number of hydrogen-bond acceptors (Lipinski definition) is 4. The maximum absolute atomic E-state index is 11.7. The molecule has 0 radical (unpaired) electrons. The van der Waals surface area contributed by atoms with Gasteiger partial charge in [-0.25, -0.2) is 8.42 Å². The van der Waals surface area contributed by atoms with Crippen LogP contribution in [0, 0.1) is 0 Å². The molecule has 0 fully saturated rings. The number of aliphatic hydroxyl groups excluding tert-OH is 1. The van der Waals surface area contributed by atoms with Crippen molar-refractivity contribution in [1.29, 1.82) is 0 Å². The molecule has 1 aromatic rings. The van der Waals surface area contributed by atoms with Crippen LogP contribution in [-0.4, -0.2) is 39.0 Å². The third kappa shape index (κ3) is 1.85. The highest BCUT2D eigenvalue weighted by molar-refractivity contribution is 7.92. The Morgan fingerprint density at radius 3 is 2.81 bits per heavy atom. The molecule has 1 N–H and O–H groups in total. The van der Waals surface area contributed by atoms with Crippen LogP contribution in [0.5, 0.6) is 5.75 Å². The van der Waals surface area contributed by atoms with Crippen LogP contribution in [-0.2, 0) is 10.0 Å². The normalized spacial score (nSPS) is 20.1. The van der Waals surface area contributed by atoms with Gasteiger partial charge in [0.25, 0.3) is 0 Å². The molecule has 0 aliphatic carbocycles. The van der Waals surface area contributed by atoms with Crippen molar-refractivity contribution in [3.63, 3.8) is 0 Å². The largest absolute Gasteiger partial charge is 0.489 e. The zero-order valence-electron chi connectivity index (χ0n) is 8.83. The van der Waals surface area contributed by atoms with Gasteiger partial charge < -0.3 is 9.84 Å². The lowest BCUT2D eigenvalue weighted by atomic mass is 10.2. The van der Waals surface area contributed by atoms with Gasteiger partial charge in [0.1, 0.15) is 18.4 Å². The average molecular weight is 243 g/mol.